The SMILES string of the molecule is Cn1nccc1CCn1cc(S(=O)(=O)Cl)c(=O)[nH]c1=O. The molecule has 0 unspecified atom stereocenters. The van der Waals surface area contributed by atoms with Gasteiger partial charge in [0.05, 0.1) is 0 Å². The summed E-state index contributed by atoms with van der Waals surface area (Å²) < 4.78 is 25.2. The van der Waals surface area contributed by atoms with Crippen molar-refractivity contribution in [3.8, 4) is 0 Å². The molecule has 0 bridgehead atoms. The van der Waals surface area contributed by atoms with Crippen molar-refractivity contribution in [2.75, 3.05) is 0 Å². The van der Waals surface area contributed by atoms with Gasteiger partial charge in [0.2, 0.25) is 0 Å². The van der Waals surface area contributed by atoms with Crippen molar-refractivity contribution < 1.29 is 8.42 Å². The lowest BCUT2D eigenvalue weighted by atomic mass is 10.3. The molecule has 2 heterocycles. The van der Waals surface area contributed by atoms with Gasteiger partial charge in [0.1, 0.15) is 0 Å². The van der Waals surface area contributed by atoms with Crippen LogP contribution in [0.3, 0.4) is 0 Å². The van der Waals surface area contributed by atoms with E-state index in [-0.39, 0.29) is 6.54 Å². The highest BCUT2D eigenvalue weighted by Crippen LogP contribution is 2.08. The summed E-state index contributed by atoms with van der Waals surface area (Å²) in [6.45, 7) is 0.189. The predicted molar refractivity (Wildman–Crippen MR) is 71.3 cm³/mol. The zero-order chi connectivity index (χ0) is 14.9. The molecule has 8 nitrogen and oxygen atoms in total. The first-order chi connectivity index (χ1) is 9.29. The van der Waals surface area contributed by atoms with Gasteiger partial charge in [-0.15, -0.1) is 0 Å². The molecule has 0 aromatic carbocycles. The van der Waals surface area contributed by atoms with Crippen LogP contribution in [0.25, 0.3) is 0 Å². The van der Waals surface area contributed by atoms with Gasteiger partial charge in [0, 0.05) is 48.8 Å². The molecule has 20 heavy (non-hydrogen) atoms. The van der Waals surface area contributed by atoms with E-state index in [0.29, 0.717) is 6.42 Å². The Bertz CT molecular complexity index is 849. The topological polar surface area (TPSA) is 107 Å². The van der Waals surface area contributed by atoms with Crippen molar-refractivity contribution in [1.82, 2.24) is 19.3 Å². The average molecular weight is 319 g/mol. The van der Waals surface area contributed by atoms with Crippen LogP contribution in [0.4, 0.5) is 0 Å². The fourth-order valence-corrected chi connectivity index (χ4v) is 2.57. The minimum atomic E-state index is -4.20. The molecule has 0 amide bonds. The van der Waals surface area contributed by atoms with E-state index in [1.54, 1.807) is 24.0 Å². The minimum Gasteiger partial charge on any atom is -0.299 e. The van der Waals surface area contributed by atoms with Gasteiger partial charge in [-0.05, 0) is 6.07 Å². The monoisotopic (exact) mass is 318 g/mol. The van der Waals surface area contributed by atoms with Gasteiger partial charge in [0.15, 0.2) is 4.90 Å². The highest BCUT2D eigenvalue weighted by atomic mass is 35.7. The zero-order valence-electron chi connectivity index (χ0n) is 10.4. The summed E-state index contributed by atoms with van der Waals surface area (Å²) in [5, 5.41) is 3.98. The molecular formula is C10H11ClN4O4S. The minimum absolute atomic E-state index is 0.189. The average Bonchev–Trinajstić information content (AvgIpc) is 2.72. The van der Waals surface area contributed by atoms with Crippen LogP contribution in [0.2, 0.25) is 0 Å². The van der Waals surface area contributed by atoms with E-state index >= 15 is 0 Å². The van der Waals surface area contributed by atoms with E-state index in [1.807, 2.05) is 4.98 Å². The van der Waals surface area contributed by atoms with Crippen molar-refractivity contribution in [3.05, 3.63) is 45.0 Å². The van der Waals surface area contributed by atoms with E-state index < -0.39 is 25.2 Å². The summed E-state index contributed by atoms with van der Waals surface area (Å²) in [5.41, 5.74) is -0.860. The van der Waals surface area contributed by atoms with E-state index in [2.05, 4.69) is 5.10 Å². The molecule has 1 N–H and O–H groups in total. The molecule has 0 radical (unpaired) electrons. The van der Waals surface area contributed by atoms with Crippen molar-refractivity contribution in [2.45, 2.75) is 17.9 Å². The van der Waals surface area contributed by atoms with E-state index in [1.165, 1.54) is 0 Å². The summed E-state index contributed by atoms with van der Waals surface area (Å²) in [7, 11) is 2.68. The molecule has 2 aromatic heterocycles. The van der Waals surface area contributed by atoms with Crippen LogP contribution in [-0.2, 0) is 29.1 Å². The van der Waals surface area contributed by atoms with Gasteiger partial charge in [-0.25, -0.2) is 13.2 Å². The Balaban J connectivity index is 2.36. The quantitative estimate of drug-likeness (QED) is 0.760. The third-order valence-electron chi connectivity index (χ3n) is 2.77. The van der Waals surface area contributed by atoms with Crippen LogP contribution in [0.5, 0.6) is 0 Å². The van der Waals surface area contributed by atoms with Gasteiger partial charge in [0.25, 0.3) is 14.6 Å². The van der Waals surface area contributed by atoms with Crippen molar-refractivity contribution >= 4 is 19.7 Å². The second-order valence-electron chi connectivity index (χ2n) is 4.08. The smallest absolute Gasteiger partial charge is 0.299 e. The lowest BCUT2D eigenvalue weighted by molar-refractivity contribution is 0.586. The molecule has 108 valence electrons. The summed E-state index contributed by atoms with van der Waals surface area (Å²) in [6.07, 6.45) is 3.00. The normalized spacial score (nSPS) is 11.7. The Kier molecular flexibility index (Phi) is 3.82. The maximum atomic E-state index is 11.6. The maximum Gasteiger partial charge on any atom is 0.328 e. The second-order valence-corrected chi connectivity index (χ2v) is 6.61. The van der Waals surface area contributed by atoms with E-state index in [4.69, 9.17) is 10.7 Å². The van der Waals surface area contributed by atoms with Crippen LogP contribution in [0, 0.1) is 0 Å². The van der Waals surface area contributed by atoms with Crippen LogP contribution in [0.15, 0.2) is 32.9 Å². The summed E-state index contributed by atoms with van der Waals surface area (Å²) in [5.74, 6) is 0. The second kappa shape index (κ2) is 5.25. The fraction of sp³-hybridized carbons (Fsp3) is 0.300. The van der Waals surface area contributed by atoms with Gasteiger partial charge in [-0.1, -0.05) is 0 Å². The molecule has 0 aliphatic heterocycles. The summed E-state index contributed by atoms with van der Waals surface area (Å²) >= 11 is 0. The Morgan fingerprint density at radius 1 is 1.40 bits per heavy atom. The first kappa shape index (κ1) is 14.5. The number of halogens is 1. The summed E-state index contributed by atoms with van der Waals surface area (Å²) in [4.78, 5) is 24.3. The third-order valence-corrected chi connectivity index (χ3v) is 4.09. The maximum absolute atomic E-state index is 11.6. The third kappa shape index (κ3) is 2.99. The molecule has 0 atom stereocenters. The van der Waals surface area contributed by atoms with Crippen molar-refractivity contribution in [1.29, 1.82) is 0 Å². The number of nitrogens with one attached hydrogen (secondary N) is 1. The number of H-pyrrole nitrogens is 1. The van der Waals surface area contributed by atoms with Gasteiger partial charge >= 0.3 is 5.69 Å². The lowest BCUT2D eigenvalue weighted by Crippen LogP contribution is -2.32. The van der Waals surface area contributed by atoms with Crippen molar-refractivity contribution in [3.63, 3.8) is 0 Å². The molecule has 0 saturated carbocycles. The highest BCUT2D eigenvalue weighted by Gasteiger charge is 2.17. The number of hydrogen-bond donors (Lipinski definition) is 1. The molecule has 2 rings (SSSR count). The molecular weight excluding hydrogens is 308 g/mol. The number of nitrogens with zero attached hydrogens (tertiary/aromatic N) is 3. The fourth-order valence-electron chi connectivity index (χ4n) is 1.71. The Hall–Kier alpha value is -1.87. The number of aromatic amines is 1. The standard InChI is InChI=1S/C10H11ClN4O4S/c1-14-7(2-4-12-14)3-5-15-6-8(20(11,18)19)9(16)13-10(15)17/h2,4,6H,3,5H2,1H3,(H,13,16,17). The van der Waals surface area contributed by atoms with Crippen molar-refractivity contribution in [2.24, 2.45) is 7.05 Å². The van der Waals surface area contributed by atoms with Crippen LogP contribution in [-0.4, -0.2) is 27.7 Å². The molecule has 0 aliphatic rings. The predicted octanol–water partition coefficient (Wildman–Crippen LogP) is -0.560. The van der Waals surface area contributed by atoms with E-state index in [0.717, 1.165) is 16.5 Å². The van der Waals surface area contributed by atoms with Gasteiger partial charge < -0.3 is 0 Å². The Labute approximate surface area is 118 Å². The summed E-state index contributed by atoms with van der Waals surface area (Å²) in [6, 6.07) is 1.77. The van der Waals surface area contributed by atoms with E-state index in [9.17, 15) is 18.0 Å². The Morgan fingerprint density at radius 2 is 2.10 bits per heavy atom. The molecule has 10 heteroatoms. The number of rotatable bonds is 4. The molecule has 0 aliphatic carbocycles. The molecule has 0 spiro atoms. The molecule has 2 aromatic rings. The number of aromatic nitrogens is 4. The largest absolute Gasteiger partial charge is 0.328 e. The van der Waals surface area contributed by atoms with Crippen LogP contribution < -0.4 is 11.2 Å². The van der Waals surface area contributed by atoms with Gasteiger partial charge in [-0.2, -0.15) is 5.10 Å². The number of hydrogen-bond acceptors (Lipinski definition) is 5. The van der Waals surface area contributed by atoms with Crippen LogP contribution >= 0.6 is 10.7 Å². The first-order valence-electron chi connectivity index (χ1n) is 5.54. The van der Waals surface area contributed by atoms with Crippen LogP contribution in [0.1, 0.15) is 5.69 Å². The Morgan fingerprint density at radius 3 is 2.65 bits per heavy atom. The zero-order valence-corrected chi connectivity index (χ0v) is 12.0. The number of aryl methyl sites for hydroxylation is 3. The van der Waals surface area contributed by atoms with Gasteiger partial charge in [-0.3, -0.25) is 19.0 Å². The lowest BCUT2D eigenvalue weighted by Gasteiger charge is -2.06. The molecule has 0 saturated heterocycles. The molecule has 0 fully saturated rings. The first-order valence-corrected chi connectivity index (χ1v) is 7.85. The highest BCUT2D eigenvalue weighted by molar-refractivity contribution is 8.13.